The molecule has 6 aromatic rings. The van der Waals surface area contributed by atoms with E-state index in [-0.39, 0.29) is 52.0 Å². The van der Waals surface area contributed by atoms with Crippen molar-refractivity contribution >= 4 is 50.5 Å². The molecule has 0 radical (unpaired) electrons. The normalized spacial score (nSPS) is 12.3. The quantitative estimate of drug-likeness (QED) is 0.0264. The number of hydrogen-bond acceptors (Lipinski definition) is 11. The predicted molar refractivity (Wildman–Crippen MR) is 286 cm³/mol. The van der Waals surface area contributed by atoms with E-state index >= 15 is 0 Å². The van der Waals surface area contributed by atoms with Crippen molar-refractivity contribution in [2.24, 2.45) is 0 Å². The lowest BCUT2D eigenvalue weighted by Crippen LogP contribution is -2.47. The average Bonchev–Trinajstić information content (AvgIpc) is 3.39. The van der Waals surface area contributed by atoms with Crippen molar-refractivity contribution in [1.29, 1.82) is 0 Å². The summed E-state index contributed by atoms with van der Waals surface area (Å²) in [6.45, 7) is 6.41. The minimum absolute atomic E-state index is 0.0567. The molecular weight excluding hydrogens is 957 g/mol. The summed E-state index contributed by atoms with van der Waals surface area (Å²) in [6, 6.07) is 62.1. The van der Waals surface area contributed by atoms with Gasteiger partial charge in [-0.15, -0.1) is 23.5 Å². The molecule has 6 rings (SSSR count). The van der Waals surface area contributed by atoms with E-state index in [0.717, 1.165) is 33.4 Å². The molecule has 0 saturated carbocycles. The minimum Gasteiger partial charge on any atom is -0.354 e. The lowest BCUT2D eigenvalue weighted by Gasteiger charge is -2.36. The maximum atomic E-state index is 14.4. The third-order valence-electron chi connectivity index (χ3n) is 11.4. The zero-order valence-corrected chi connectivity index (χ0v) is 43.8. The SMILES string of the molecule is CCOP(=O)(OCC)C(NC(=O)CN(CCSC(c1ccccc1)(c1ccccc1)c1ccccc1)CC(=O)NCCSC(c1ccccc1)(c1ccccc1)c1ccccc1)P(=O)(OCC)OCC. The van der Waals surface area contributed by atoms with Gasteiger partial charge in [-0.25, -0.2) is 0 Å². The Morgan fingerprint density at radius 3 is 1.06 bits per heavy atom. The van der Waals surface area contributed by atoms with Crippen molar-refractivity contribution in [3.8, 4) is 0 Å². The second-order valence-corrected chi connectivity index (χ2v) is 23.3. The van der Waals surface area contributed by atoms with Gasteiger partial charge < -0.3 is 28.7 Å². The van der Waals surface area contributed by atoms with Gasteiger partial charge in [0.2, 0.25) is 17.3 Å². The molecule has 0 aliphatic heterocycles. The van der Waals surface area contributed by atoms with Crippen LogP contribution in [0.1, 0.15) is 61.1 Å². The van der Waals surface area contributed by atoms with Gasteiger partial charge >= 0.3 is 15.2 Å². The number of amides is 2. The number of carbonyl (C=O) groups is 2. The molecule has 0 heterocycles. The van der Waals surface area contributed by atoms with Crippen molar-refractivity contribution in [2.75, 3.05) is 64.1 Å². The van der Waals surface area contributed by atoms with Gasteiger partial charge in [0.25, 0.3) is 0 Å². The van der Waals surface area contributed by atoms with Crippen LogP contribution < -0.4 is 10.6 Å². The Kier molecular flexibility index (Phi) is 21.2. The van der Waals surface area contributed by atoms with Crippen molar-refractivity contribution in [3.63, 3.8) is 0 Å². The number of carbonyl (C=O) groups excluding carboxylic acids is 2. The molecule has 11 nitrogen and oxygen atoms in total. The third-order valence-corrected chi connectivity index (χ3v) is 20.1. The highest BCUT2D eigenvalue weighted by Gasteiger charge is 2.52. The van der Waals surface area contributed by atoms with Crippen LogP contribution in [-0.2, 0) is 46.3 Å². The number of hydrogen-bond donors (Lipinski definition) is 2. The number of nitrogens with zero attached hydrogens (tertiary/aromatic N) is 1. The number of benzene rings is 6. The maximum absolute atomic E-state index is 14.4. The van der Waals surface area contributed by atoms with E-state index < -0.39 is 36.1 Å². The first-order chi connectivity index (χ1) is 34.1. The van der Waals surface area contributed by atoms with Gasteiger partial charge in [0.1, 0.15) is 0 Å². The second-order valence-electron chi connectivity index (χ2n) is 16.0. The van der Waals surface area contributed by atoms with Gasteiger partial charge in [0.05, 0.1) is 49.0 Å². The van der Waals surface area contributed by atoms with E-state index in [2.05, 4.69) is 83.4 Å². The van der Waals surface area contributed by atoms with Gasteiger partial charge in [0.15, 0.2) is 0 Å². The van der Waals surface area contributed by atoms with E-state index in [9.17, 15) is 18.7 Å². The Morgan fingerprint density at radius 2 is 0.757 bits per heavy atom. The zero-order chi connectivity index (χ0) is 49.7. The fourth-order valence-electron chi connectivity index (χ4n) is 8.53. The van der Waals surface area contributed by atoms with Gasteiger partial charge in [-0.2, -0.15) is 0 Å². The Morgan fingerprint density at radius 1 is 0.471 bits per heavy atom. The van der Waals surface area contributed by atoms with E-state index in [4.69, 9.17) is 18.1 Å². The molecule has 0 aliphatic rings. The summed E-state index contributed by atoms with van der Waals surface area (Å²) in [6.07, 6.45) is 0. The van der Waals surface area contributed by atoms with E-state index in [1.807, 2.05) is 109 Å². The molecule has 2 N–H and O–H groups in total. The summed E-state index contributed by atoms with van der Waals surface area (Å²) in [5, 5.41) is 5.84. The molecule has 0 atom stereocenters. The highest BCUT2D eigenvalue weighted by Crippen LogP contribution is 2.69. The molecule has 15 heteroatoms. The highest BCUT2D eigenvalue weighted by molar-refractivity contribution is 8.00. The van der Waals surface area contributed by atoms with E-state index in [1.54, 1.807) is 56.1 Å². The zero-order valence-electron chi connectivity index (χ0n) is 40.4. The molecule has 0 fully saturated rings. The number of thioether (sulfide) groups is 2. The van der Waals surface area contributed by atoms with Gasteiger partial charge in [-0.05, 0) is 61.1 Å². The third kappa shape index (κ3) is 13.6. The summed E-state index contributed by atoms with van der Waals surface area (Å²) >= 11 is 3.44. The summed E-state index contributed by atoms with van der Waals surface area (Å²) in [5.41, 5.74) is 4.80. The first kappa shape index (κ1) is 54.6. The Bertz CT molecular complexity index is 2350. The topological polar surface area (TPSA) is 132 Å². The van der Waals surface area contributed by atoms with E-state index in [1.165, 1.54) is 0 Å². The standard InChI is InChI=1S/C55H65N3O8P2S2/c1-5-63-67(61,64-6-2)53(68(62,65-7-3)66-8-4)57-52(60)44-58(40-42-70-55(48-33-21-12-22-34-48,49-35-23-13-24-36-49)50-37-25-14-26-38-50)43-51(59)56-39-41-69-54(45-27-15-9-16-28-45,46-29-17-10-18-30-46)47-31-19-11-20-32-47/h9-38,53H,5-8,39-44H2,1-4H3,(H,56,59)(H,57,60). The van der Waals surface area contributed by atoms with Gasteiger partial charge in [-0.1, -0.05) is 182 Å². The molecule has 0 unspecified atom stereocenters. The van der Waals surface area contributed by atoms with Crippen LogP contribution in [0, 0.1) is 0 Å². The molecule has 0 bridgehead atoms. The van der Waals surface area contributed by atoms with Crippen LogP contribution in [0.15, 0.2) is 182 Å². The van der Waals surface area contributed by atoms with E-state index in [0.29, 0.717) is 18.1 Å². The predicted octanol–water partition coefficient (Wildman–Crippen LogP) is 11.8. The maximum Gasteiger partial charge on any atom is 0.365 e. The molecule has 0 saturated heterocycles. The summed E-state index contributed by atoms with van der Waals surface area (Å²) in [4.78, 5) is 30.3. The van der Waals surface area contributed by atoms with Crippen molar-refractivity contribution < 1.29 is 36.8 Å². The molecule has 0 aliphatic carbocycles. The first-order valence-corrected chi connectivity index (χ1v) is 28.9. The fourth-order valence-corrected chi connectivity index (χ4v) is 16.5. The van der Waals surface area contributed by atoms with Crippen LogP contribution in [0.4, 0.5) is 0 Å². The van der Waals surface area contributed by atoms with Crippen molar-refractivity contribution in [1.82, 2.24) is 15.5 Å². The molecule has 2 amide bonds. The molecule has 0 spiro atoms. The van der Waals surface area contributed by atoms with Gasteiger partial charge in [0, 0.05) is 24.6 Å². The van der Waals surface area contributed by atoms with Gasteiger partial charge in [-0.3, -0.25) is 23.6 Å². The number of nitrogens with one attached hydrogen (secondary N) is 2. The summed E-state index contributed by atoms with van der Waals surface area (Å²) < 4.78 is 50.1. The Labute approximate surface area is 422 Å². The van der Waals surface area contributed by atoms with Crippen LogP contribution in [0.25, 0.3) is 0 Å². The molecule has 370 valence electrons. The Balaban J connectivity index is 1.29. The van der Waals surface area contributed by atoms with Crippen LogP contribution >= 0.6 is 38.7 Å². The van der Waals surface area contributed by atoms with Crippen LogP contribution in [0.5, 0.6) is 0 Å². The highest BCUT2D eigenvalue weighted by atomic mass is 32.2. The summed E-state index contributed by atoms with van der Waals surface area (Å²) in [5.74, 6) is 0.0731. The molecule has 6 aromatic carbocycles. The van der Waals surface area contributed by atoms with Crippen LogP contribution in [0.2, 0.25) is 0 Å². The fraction of sp³-hybridized carbons (Fsp3) is 0.309. The second kappa shape index (κ2) is 27.2. The lowest BCUT2D eigenvalue weighted by atomic mass is 9.84. The largest absolute Gasteiger partial charge is 0.365 e. The smallest absolute Gasteiger partial charge is 0.354 e. The first-order valence-electron chi connectivity index (χ1n) is 23.8. The molecule has 70 heavy (non-hydrogen) atoms. The Hall–Kier alpha value is -4.78. The molecular formula is C55H65N3O8P2S2. The summed E-state index contributed by atoms with van der Waals surface area (Å²) in [7, 11) is -8.66. The van der Waals surface area contributed by atoms with Crippen molar-refractivity contribution in [2.45, 2.75) is 42.7 Å². The monoisotopic (exact) mass is 1020 g/mol. The average molecular weight is 1020 g/mol. The number of rotatable bonds is 29. The van der Waals surface area contributed by atoms with Crippen LogP contribution in [0.3, 0.4) is 0 Å². The van der Waals surface area contributed by atoms with Crippen molar-refractivity contribution in [3.05, 3.63) is 215 Å². The van der Waals surface area contributed by atoms with Crippen LogP contribution in [-0.4, -0.2) is 86.4 Å². The minimum atomic E-state index is -4.33. The molecule has 0 aromatic heterocycles. The lowest BCUT2D eigenvalue weighted by molar-refractivity contribution is -0.125.